The lowest BCUT2D eigenvalue weighted by Gasteiger charge is -2.11. The van der Waals surface area contributed by atoms with Gasteiger partial charge in [0.05, 0.1) is 16.4 Å². The van der Waals surface area contributed by atoms with Crippen LogP contribution < -0.4 is 15.5 Å². The summed E-state index contributed by atoms with van der Waals surface area (Å²) in [7, 11) is 0. The van der Waals surface area contributed by atoms with Crippen molar-refractivity contribution in [2.75, 3.05) is 5.32 Å². The molecule has 6 nitrogen and oxygen atoms in total. The second-order valence-electron chi connectivity index (χ2n) is 6.99. The first-order chi connectivity index (χ1) is 15.8. The predicted molar refractivity (Wildman–Crippen MR) is 130 cm³/mol. The van der Waals surface area contributed by atoms with E-state index >= 15 is 0 Å². The molecule has 0 aromatic heterocycles. The van der Waals surface area contributed by atoms with Crippen molar-refractivity contribution in [1.29, 1.82) is 0 Å². The summed E-state index contributed by atoms with van der Waals surface area (Å²) in [5.41, 5.74) is 3.88. The van der Waals surface area contributed by atoms with E-state index in [9.17, 15) is 14.0 Å². The molecule has 33 heavy (non-hydrogen) atoms. The number of ether oxygens (including phenoxy) is 1. The molecule has 0 radical (unpaired) electrons. The summed E-state index contributed by atoms with van der Waals surface area (Å²) >= 11 is 9.59. The molecule has 0 heterocycles. The minimum atomic E-state index is -1.07. The summed E-state index contributed by atoms with van der Waals surface area (Å²) in [4.78, 5) is 24.4. The van der Waals surface area contributed by atoms with Crippen LogP contribution in [-0.4, -0.2) is 18.0 Å². The van der Waals surface area contributed by atoms with Crippen LogP contribution in [0.1, 0.15) is 18.1 Å². The van der Waals surface area contributed by atoms with Gasteiger partial charge in [0.15, 0.2) is 0 Å². The fourth-order valence-corrected chi connectivity index (χ4v) is 3.38. The zero-order valence-electron chi connectivity index (χ0n) is 17.5. The number of carbonyl (C=O) groups excluding carboxylic acids is 2. The van der Waals surface area contributed by atoms with Gasteiger partial charge in [-0.1, -0.05) is 41.9 Å². The highest BCUT2D eigenvalue weighted by Crippen LogP contribution is 2.27. The summed E-state index contributed by atoms with van der Waals surface area (Å²) in [5, 5.41) is 6.90. The van der Waals surface area contributed by atoms with Crippen LogP contribution >= 0.6 is 27.5 Å². The number of para-hydroxylation sites is 1. The molecule has 0 aliphatic carbocycles. The third-order valence-electron chi connectivity index (χ3n) is 4.60. The Kier molecular flexibility index (Phi) is 8.57. The zero-order valence-corrected chi connectivity index (χ0v) is 19.9. The molecular weight excluding hydrogens is 513 g/mol. The summed E-state index contributed by atoms with van der Waals surface area (Å²) in [6.45, 7) is 1.72. The number of amides is 2. The lowest BCUT2D eigenvalue weighted by atomic mass is 10.1. The quantitative estimate of drug-likeness (QED) is 0.227. The summed E-state index contributed by atoms with van der Waals surface area (Å²) in [6.07, 6.45) is 1.43. The standard InChI is InChI=1S/C24H20BrClFN3O3/c1-15(23(31)29-21-9-5-4-8-20(21)27)24(32)30-28-13-16-10-11-22(18(25)12-16)33-14-17-6-2-3-7-19(17)26/h2-13,15H,14H2,1H3,(H,29,31)(H,30,32). The van der Waals surface area contributed by atoms with Crippen molar-refractivity contribution < 1.29 is 18.7 Å². The van der Waals surface area contributed by atoms with Gasteiger partial charge in [-0.3, -0.25) is 9.59 Å². The number of anilines is 1. The van der Waals surface area contributed by atoms with Crippen LogP contribution in [-0.2, 0) is 16.2 Å². The van der Waals surface area contributed by atoms with Crippen LogP contribution in [0.4, 0.5) is 10.1 Å². The maximum atomic E-state index is 13.7. The van der Waals surface area contributed by atoms with Gasteiger partial charge in [0.25, 0.3) is 5.91 Å². The van der Waals surface area contributed by atoms with Crippen molar-refractivity contribution >= 4 is 51.2 Å². The van der Waals surface area contributed by atoms with Crippen molar-refractivity contribution in [3.8, 4) is 5.75 Å². The monoisotopic (exact) mass is 531 g/mol. The molecule has 9 heteroatoms. The van der Waals surface area contributed by atoms with E-state index in [1.54, 1.807) is 30.3 Å². The first kappa shape index (κ1) is 24.4. The minimum Gasteiger partial charge on any atom is -0.488 e. The first-order valence-corrected chi connectivity index (χ1v) is 11.1. The molecule has 0 spiro atoms. The van der Waals surface area contributed by atoms with Crippen LogP contribution in [0.25, 0.3) is 0 Å². The molecule has 0 saturated carbocycles. The van der Waals surface area contributed by atoms with Crippen molar-refractivity contribution in [3.63, 3.8) is 0 Å². The van der Waals surface area contributed by atoms with Crippen LogP contribution in [0.3, 0.4) is 0 Å². The molecule has 2 amide bonds. The van der Waals surface area contributed by atoms with Crippen LogP contribution in [0.2, 0.25) is 5.02 Å². The number of hydrogen-bond donors (Lipinski definition) is 2. The Morgan fingerprint density at radius 2 is 1.85 bits per heavy atom. The number of nitrogens with zero attached hydrogens (tertiary/aromatic N) is 1. The molecule has 0 aliphatic rings. The molecule has 1 atom stereocenters. The molecule has 3 rings (SSSR count). The second kappa shape index (κ2) is 11.6. The van der Waals surface area contributed by atoms with E-state index < -0.39 is 23.5 Å². The third-order valence-corrected chi connectivity index (χ3v) is 5.59. The van der Waals surface area contributed by atoms with Gasteiger partial charge in [-0.2, -0.15) is 5.10 Å². The van der Waals surface area contributed by atoms with Crippen molar-refractivity contribution in [2.24, 2.45) is 11.0 Å². The lowest BCUT2D eigenvalue weighted by molar-refractivity contribution is -0.131. The number of carbonyl (C=O) groups is 2. The van der Waals surface area contributed by atoms with Crippen molar-refractivity contribution in [3.05, 3.63) is 93.2 Å². The number of hydrazone groups is 1. The Bertz CT molecular complexity index is 1190. The zero-order chi connectivity index (χ0) is 23.8. The van der Waals surface area contributed by atoms with E-state index in [0.29, 0.717) is 27.4 Å². The van der Waals surface area contributed by atoms with E-state index in [2.05, 4.69) is 31.8 Å². The van der Waals surface area contributed by atoms with E-state index in [1.165, 1.54) is 31.3 Å². The highest BCUT2D eigenvalue weighted by Gasteiger charge is 2.22. The smallest absolute Gasteiger partial charge is 0.252 e. The van der Waals surface area contributed by atoms with Gasteiger partial charge in [0, 0.05) is 10.6 Å². The van der Waals surface area contributed by atoms with E-state index in [1.807, 2.05) is 18.2 Å². The summed E-state index contributed by atoms with van der Waals surface area (Å²) in [6, 6.07) is 18.4. The Labute approximate surface area is 203 Å². The van der Waals surface area contributed by atoms with E-state index in [-0.39, 0.29) is 5.69 Å². The second-order valence-corrected chi connectivity index (χ2v) is 8.26. The number of halogens is 3. The maximum absolute atomic E-state index is 13.7. The van der Waals surface area contributed by atoms with Crippen LogP contribution in [0, 0.1) is 11.7 Å². The molecule has 0 fully saturated rings. The molecule has 1 unspecified atom stereocenters. The molecule has 3 aromatic rings. The highest BCUT2D eigenvalue weighted by atomic mass is 79.9. The van der Waals surface area contributed by atoms with Crippen LogP contribution in [0.5, 0.6) is 5.75 Å². The average molecular weight is 533 g/mol. The predicted octanol–water partition coefficient (Wildman–Crippen LogP) is 5.55. The van der Waals surface area contributed by atoms with Crippen LogP contribution in [0.15, 0.2) is 76.3 Å². The Balaban J connectivity index is 1.53. The number of rotatable bonds is 8. The van der Waals surface area contributed by atoms with E-state index in [0.717, 1.165) is 5.56 Å². The Morgan fingerprint density at radius 3 is 2.58 bits per heavy atom. The van der Waals surface area contributed by atoms with Gasteiger partial charge in [-0.25, -0.2) is 9.82 Å². The fourth-order valence-electron chi connectivity index (χ4n) is 2.68. The Morgan fingerprint density at radius 1 is 1.12 bits per heavy atom. The van der Waals surface area contributed by atoms with Gasteiger partial charge in [-0.15, -0.1) is 0 Å². The maximum Gasteiger partial charge on any atom is 0.252 e. The van der Waals surface area contributed by atoms with E-state index in [4.69, 9.17) is 16.3 Å². The molecule has 2 N–H and O–H groups in total. The van der Waals surface area contributed by atoms with Gasteiger partial charge in [0.1, 0.15) is 24.1 Å². The first-order valence-electron chi connectivity index (χ1n) is 9.89. The molecule has 170 valence electrons. The lowest BCUT2D eigenvalue weighted by Crippen LogP contribution is -2.34. The normalized spacial score (nSPS) is 11.8. The van der Waals surface area contributed by atoms with Gasteiger partial charge < -0.3 is 10.1 Å². The summed E-state index contributed by atoms with van der Waals surface area (Å²) < 4.78 is 20.2. The number of nitrogens with one attached hydrogen (secondary N) is 2. The molecule has 0 aliphatic heterocycles. The SMILES string of the molecule is CC(C(=O)NN=Cc1ccc(OCc2ccccc2Cl)c(Br)c1)C(=O)Nc1ccccc1F. The number of hydrogen-bond acceptors (Lipinski definition) is 4. The van der Waals surface area contributed by atoms with Gasteiger partial charge >= 0.3 is 0 Å². The molecule has 0 saturated heterocycles. The average Bonchev–Trinajstić information content (AvgIpc) is 2.80. The largest absolute Gasteiger partial charge is 0.488 e. The van der Waals surface area contributed by atoms with Crippen molar-refractivity contribution in [1.82, 2.24) is 5.43 Å². The van der Waals surface area contributed by atoms with Gasteiger partial charge in [-0.05, 0) is 64.8 Å². The topological polar surface area (TPSA) is 79.8 Å². The molecule has 0 bridgehead atoms. The Hall–Kier alpha value is -3.23. The van der Waals surface area contributed by atoms with Gasteiger partial charge in [0.2, 0.25) is 5.91 Å². The third kappa shape index (κ3) is 6.87. The fraction of sp³-hybridized carbons (Fsp3) is 0.125. The van der Waals surface area contributed by atoms with Crippen molar-refractivity contribution in [2.45, 2.75) is 13.5 Å². The summed E-state index contributed by atoms with van der Waals surface area (Å²) in [5.74, 6) is -2.31. The highest BCUT2D eigenvalue weighted by molar-refractivity contribution is 9.10. The molecular formula is C24H20BrClFN3O3. The minimum absolute atomic E-state index is 0.00680. The number of benzene rings is 3. The molecule has 3 aromatic carbocycles.